The first-order chi connectivity index (χ1) is 23.8. The van der Waals surface area contributed by atoms with Crippen molar-refractivity contribution in [2.24, 2.45) is 10.7 Å². The predicted octanol–water partition coefficient (Wildman–Crippen LogP) is 5.29. The second kappa shape index (κ2) is 14.1. The number of hydrogen-bond acceptors (Lipinski definition) is 7. The number of carbonyl (C=O) groups is 2. The van der Waals surface area contributed by atoms with Gasteiger partial charge < -0.3 is 15.4 Å². The number of urea groups is 1. The Morgan fingerprint density at radius 2 is 1.44 bits per heavy atom. The molecule has 3 aliphatic heterocycles. The highest BCUT2D eigenvalue weighted by atomic mass is 35.5. The Hall–Kier alpha value is -3.68. The number of primary amides is 1. The van der Waals surface area contributed by atoms with Gasteiger partial charge in [-0.2, -0.15) is 4.31 Å². The summed E-state index contributed by atoms with van der Waals surface area (Å²) < 4.78 is 34.9. The van der Waals surface area contributed by atoms with Crippen LogP contribution in [0.25, 0.3) is 0 Å². The van der Waals surface area contributed by atoms with Crippen LogP contribution < -0.4 is 10.5 Å². The van der Waals surface area contributed by atoms with E-state index in [2.05, 4.69) is 0 Å². The summed E-state index contributed by atoms with van der Waals surface area (Å²) in [5.41, 5.74) is 5.32. The molecule has 3 heterocycles. The summed E-state index contributed by atoms with van der Waals surface area (Å²) in [6.07, 6.45) is 1.62. The molecule has 0 radical (unpaired) electrons. The number of piperazine rings is 1. The molecule has 0 aromatic heterocycles. The summed E-state index contributed by atoms with van der Waals surface area (Å²) in [5.74, 6) is 0.207. The molecule has 14 heteroatoms. The lowest BCUT2D eigenvalue weighted by molar-refractivity contribution is -0.119. The van der Waals surface area contributed by atoms with Crippen LogP contribution in [0.15, 0.2) is 76.6 Å². The Morgan fingerprint density at radius 1 is 0.860 bits per heavy atom. The SMILES string of the molecule is CCOc1cc(S(=O)(=O)N2CCCC2)ccc1C1=N[C@@](C)(c2ccc(Cl)cc2)[C@@](C)(c2ccc(Cl)cc2)N1C(=O)N1CCN(CC(N)=O)CC1. The van der Waals surface area contributed by atoms with Gasteiger partial charge in [-0.3, -0.25) is 19.6 Å². The number of nitrogens with two attached hydrogens (primary N) is 1. The summed E-state index contributed by atoms with van der Waals surface area (Å²) in [7, 11) is -3.76. The van der Waals surface area contributed by atoms with Crippen LogP contribution in [0.2, 0.25) is 10.0 Å². The summed E-state index contributed by atoms with van der Waals surface area (Å²) in [6, 6.07) is 19.3. The van der Waals surface area contributed by atoms with Crippen LogP contribution in [0.4, 0.5) is 4.79 Å². The molecule has 3 aliphatic rings. The van der Waals surface area contributed by atoms with Gasteiger partial charge in [-0.15, -0.1) is 0 Å². The molecule has 6 rings (SSSR count). The van der Waals surface area contributed by atoms with E-state index in [-0.39, 0.29) is 24.1 Å². The van der Waals surface area contributed by atoms with Gasteiger partial charge in [0.1, 0.15) is 22.7 Å². The molecule has 2 fully saturated rings. The van der Waals surface area contributed by atoms with Gasteiger partial charge in [0.25, 0.3) is 0 Å². The third-order valence-corrected chi connectivity index (χ3v) is 12.6. The molecule has 3 aromatic carbocycles. The smallest absolute Gasteiger partial charge is 0.326 e. The molecule has 0 aliphatic carbocycles. The van der Waals surface area contributed by atoms with E-state index in [0.29, 0.717) is 66.5 Å². The number of hydrogen-bond donors (Lipinski definition) is 1. The molecular weight excluding hydrogens is 699 g/mol. The van der Waals surface area contributed by atoms with Gasteiger partial charge in [-0.05, 0) is 81.1 Å². The van der Waals surface area contributed by atoms with Crippen molar-refractivity contribution in [1.82, 2.24) is 19.0 Å². The van der Waals surface area contributed by atoms with E-state index in [0.717, 1.165) is 24.0 Å². The van der Waals surface area contributed by atoms with Crippen molar-refractivity contribution in [2.45, 2.75) is 49.6 Å². The van der Waals surface area contributed by atoms with E-state index in [1.54, 1.807) is 46.2 Å². The molecule has 3 aromatic rings. The van der Waals surface area contributed by atoms with E-state index < -0.39 is 27.0 Å². The molecule has 0 spiro atoms. The van der Waals surface area contributed by atoms with Crippen LogP contribution in [-0.4, -0.2) is 97.6 Å². The normalized spacial score (nSPS) is 23.3. The number of benzene rings is 3. The minimum Gasteiger partial charge on any atom is -0.493 e. The maximum Gasteiger partial charge on any atom is 0.326 e. The highest BCUT2D eigenvalue weighted by Gasteiger charge is 2.60. The number of rotatable bonds is 9. The average Bonchev–Trinajstić information content (AvgIpc) is 3.72. The molecule has 3 amide bonds. The number of carbonyl (C=O) groups excluding carboxylic acids is 2. The Morgan fingerprint density at radius 3 is 2.00 bits per heavy atom. The molecule has 0 saturated carbocycles. The van der Waals surface area contributed by atoms with Gasteiger partial charge in [-0.1, -0.05) is 47.5 Å². The van der Waals surface area contributed by atoms with Crippen molar-refractivity contribution in [3.63, 3.8) is 0 Å². The summed E-state index contributed by atoms with van der Waals surface area (Å²) >= 11 is 12.7. The highest BCUT2D eigenvalue weighted by molar-refractivity contribution is 7.89. The van der Waals surface area contributed by atoms with E-state index in [1.807, 2.05) is 49.9 Å². The van der Waals surface area contributed by atoms with Crippen LogP contribution in [0.5, 0.6) is 5.75 Å². The Balaban J connectivity index is 1.54. The molecule has 2 N–H and O–H groups in total. The number of halogens is 2. The van der Waals surface area contributed by atoms with Gasteiger partial charge in [0.05, 0.1) is 23.6 Å². The fourth-order valence-corrected chi connectivity index (χ4v) is 9.01. The van der Waals surface area contributed by atoms with Crippen molar-refractivity contribution in [3.05, 3.63) is 93.5 Å². The third-order valence-electron chi connectivity index (χ3n) is 10.2. The topological polar surface area (TPSA) is 129 Å². The number of aliphatic imine (C=N–C) groups is 1. The van der Waals surface area contributed by atoms with Crippen LogP contribution in [-0.2, 0) is 25.9 Å². The summed E-state index contributed by atoms with van der Waals surface area (Å²) in [5, 5.41) is 1.10. The van der Waals surface area contributed by atoms with Crippen molar-refractivity contribution in [3.8, 4) is 5.75 Å². The molecule has 0 unspecified atom stereocenters. The average molecular weight is 742 g/mol. The van der Waals surface area contributed by atoms with E-state index in [1.165, 1.54) is 10.4 Å². The quantitative estimate of drug-likeness (QED) is 0.318. The van der Waals surface area contributed by atoms with Crippen molar-refractivity contribution in [1.29, 1.82) is 0 Å². The fourth-order valence-electron chi connectivity index (χ4n) is 7.23. The van der Waals surface area contributed by atoms with E-state index >= 15 is 4.79 Å². The molecule has 11 nitrogen and oxygen atoms in total. The Labute approximate surface area is 303 Å². The maximum atomic E-state index is 15.1. The van der Waals surface area contributed by atoms with Gasteiger partial charge in [0.2, 0.25) is 15.9 Å². The third kappa shape index (κ3) is 6.48. The maximum absolute atomic E-state index is 15.1. The second-order valence-electron chi connectivity index (χ2n) is 13.1. The highest BCUT2D eigenvalue weighted by Crippen LogP contribution is 2.54. The number of nitrogens with zero attached hydrogens (tertiary/aromatic N) is 5. The molecule has 266 valence electrons. The number of ether oxygens (including phenoxy) is 1. The largest absolute Gasteiger partial charge is 0.493 e. The molecular formula is C36H42Cl2N6O5S. The minimum atomic E-state index is -3.76. The van der Waals surface area contributed by atoms with Crippen LogP contribution in [0.3, 0.4) is 0 Å². The first kappa shape index (κ1) is 36.1. The zero-order valence-electron chi connectivity index (χ0n) is 28.4. The van der Waals surface area contributed by atoms with Crippen LogP contribution in [0.1, 0.15) is 50.3 Å². The molecule has 50 heavy (non-hydrogen) atoms. The molecule has 2 saturated heterocycles. The van der Waals surface area contributed by atoms with E-state index in [9.17, 15) is 13.2 Å². The zero-order valence-corrected chi connectivity index (χ0v) is 30.8. The Bertz CT molecular complexity index is 1890. The number of amidine groups is 1. The second-order valence-corrected chi connectivity index (χ2v) is 16.0. The van der Waals surface area contributed by atoms with Crippen LogP contribution in [0, 0.1) is 0 Å². The lowest BCUT2D eigenvalue weighted by atomic mass is 9.71. The number of sulfonamides is 1. The van der Waals surface area contributed by atoms with Gasteiger partial charge in [0, 0.05) is 55.4 Å². The summed E-state index contributed by atoms with van der Waals surface area (Å²) in [6.45, 7) is 8.74. The van der Waals surface area contributed by atoms with Crippen molar-refractivity contribution >= 4 is 51.0 Å². The number of amides is 3. The zero-order chi connectivity index (χ0) is 35.8. The molecule has 0 bridgehead atoms. The van der Waals surface area contributed by atoms with Crippen LogP contribution >= 0.6 is 23.2 Å². The van der Waals surface area contributed by atoms with Crippen molar-refractivity contribution in [2.75, 3.05) is 52.4 Å². The first-order valence-electron chi connectivity index (χ1n) is 16.8. The monoisotopic (exact) mass is 740 g/mol. The predicted molar refractivity (Wildman–Crippen MR) is 194 cm³/mol. The first-order valence-corrected chi connectivity index (χ1v) is 19.0. The molecule has 2 atom stereocenters. The van der Waals surface area contributed by atoms with Gasteiger partial charge in [-0.25, -0.2) is 13.2 Å². The van der Waals surface area contributed by atoms with E-state index in [4.69, 9.17) is 38.7 Å². The minimum absolute atomic E-state index is 0.111. The fraction of sp³-hybridized carbons (Fsp3) is 0.417. The Kier molecular flexibility index (Phi) is 10.2. The standard InChI is InChI=1S/C36H42Cl2N6O5S/c1-4-49-31-23-29(50(47,48)43-17-5-6-18-43)15-16-30(31)33-40-35(2,25-7-11-27(37)12-8-25)36(3,26-9-13-28(38)14-10-26)44(33)34(46)42-21-19-41(20-22-42)24-32(39)45/h7-16,23H,4-6,17-22,24H2,1-3H3,(H2,39,45)/t35-,36+/m0/s1. The summed E-state index contributed by atoms with van der Waals surface area (Å²) in [4.78, 5) is 37.6. The van der Waals surface area contributed by atoms with Crippen molar-refractivity contribution < 1.29 is 22.7 Å². The van der Waals surface area contributed by atoms with Gasteiger partial charge >= 0.3 is 6.03 Å². The lowest BCUT2D eigenvalue weighted by Crippen LogP contribution is -2.61. The van der Waals surface area contributed by atoms with Gasteiger partial charge in [0.15, 0.2) is 0 Å². The lowest BCUT2D eigenvalue weighted by Gasteiger charge is -2.47.